The van der Waals surface area contributed by atoms with E-state index in [9.17, 15) is 5.26 Å². The van der Waals surface area contributed by atoms with Crippen LogP contribution >= 0.6 is 22.7 Å². The summed E-state index contributed by atoms with van der Waals surface area (Å²) in [6.07, 6.45) is 6.86. The number of rotatable bonds is 11. The normalized spacial score (nSPS) is 12.0. The quantitative estimate of drug-likeness (QED) is 0.0913. The lowest BCUT2D eigenvalue weighted by molar-refractivity contribution is 0.718. The molecule has 0 radical (unpaired) electrons. The van der Waals surface area contributed by atoms with Crippen LogP contribution in [0.2, 0.25) is 0 Å². The summed E-state index contributed by atoms with van der Waals surface area (Å²) >= 11 is 3.30. The highest BCUT2D eigenvalue weighted by atomic mass is 32.1. The summed E-state index contributed by atoms with van der Waals surface area (Å²) < 4.78 is 2.32. The Bertz CT molecular complexity index is 1660. The standard InChI is InChI=1S/C34H34N4S2/c1-4-7-8-9-24-10-11-26-19-27(13-12-25(26)18-24)28(23-35)20-31-21-32-33(39-31)22-34(40-32)37-36-29-14-16-30(17-15-29)38(5-2)6-3/h10-22H,4-9H2,1-3H3/b28-20+,37-36+. The van der Waals surface area contributed by atoms with Gasteiger partial charge in [0.1, 0.15) is 5.00 Å². The molecule has 0 aliphatic heterocycles. The first-order valence-electron chi connectivity index (χ1n) is 14.0. The zero-order valence-corrected chi connectivity index (χ0v) is 25.0. The van der Waals surface area contributed by atoms with Gasteiger partial charge in [0.25, 0.3) is 0 Å². The third-order valence-electron chi connectivity index (χ3n) is 7.15. The van der Waals surface area contributed by atoms with Crippen LogP contribution in [0, 0.1) is 11.3 Å². The molecular formula is C34H34N4S2. The summed E-state index contributed by atoms with van der Waals surface area (Å²) in [5.74, 6) is 0. The van der Waals surface area contributed by atoms with E-state index in [-0.39, 0.29) is 0 Å². The largest absolute Gasteiger partial charge is 0.372 e. The van der Waals surface area contributed by atoms with Gasteiger partial charge in [0, 0.05) is 33.1 Å². The van der Waals surface area contributed by atoms with E-state index in [0.29, 0.717) is 5.57 Å². The molecule has 0 saturated carbocycles. The monoisotopic (exact) mass is 562 g/mol. The lowest BCUT2D eigenvalue weighted by Crippen LogP contribution is -2.21. The second kappa shape index (κ2) is 13.0. The second-order valence-corrected chi connectivity index (χ2v) is 12.1. The van der Waals surface area contributed by atoms with Gasteiger partial charge in [0.15, 0.2) is 0 Å². The van der Waals surface area contributed by atoms with Crippen molar-refractivity contribution >= 4 is 70.9 Å². The summed E-state index contributed by atoms with van der Waals surface area (Å²) in [4.78, 5) is 3.38. The van der Waals surface area contributed by atoms with Crippen LogP contribution < -0.4 is 4.90 Å². The molecule has 0 saturated heterocycles. The topological polar surface area (TPSA) is 51.8 Å². The first-order chi connectivity index (χ1) is 19.6. The molecule has 0 bridgehead atoms. The van der Waals surface area contributed by atoms with Crippen LogP contribution in [0.3, 0.4) is 0 Å². The Morgan fingerprint density at radius 2 is 1.57 bits per heavy atom. The number of nitrogens with zero attached hydrogens (tertiary/aromatic N) is 4. The Morgan fingerprint density at radius 1 is 0.825 bits per heavy atom. The fourth-order valence-electron chi connectivity index (χ4n) is 4.91. The van der Waals surface area contributed by atoms with Gasteiger partial charge < -0.3 is 4.90 Å². The molecular weight excluding hydrogens is 529 g/mol. The molecule has 4 nitrogen and oxygen atoms in total. The third kappa shape index (κ3) is 6.50. The first-order valence-corrected chi connectivity index (χ1v) is 15.7. The van der Waals surface area contributed by atoms with E-state index in [1.54, 1.807) is 22.7 Å². The number of hydrogen-bond acceptors (Lipinski definition) is 6. The minimum atomic E-state index is 0.677. The lowest BCUT2D eigenvalue weighted by atomic mass is 9.98. The van der Waals surface area contributed by atoms with Crippen LogP contribution in [0.4, 0.5) is 16.4 Å². The molecule has 2 heterocycles. The lowest BCUT2D eigenvalue weighted by Gasteiger charge is -2.20. The number of thiophene rings is 2. The van der Waals surface area contributed by atoms with Crippen LogP contribution in [0.1, 0.15) is 56.0 Å². The number of anilines is 1. The molecule has 2 aromatic heterocycles. The maximum atomic E-state index is 9.96. The van der Waals surface area contributed by atoms with Gasteiger partial charge in [-0.2, -0.15) is 5.26 Å². The molecule has 40 heavy (non-hydrogen) atoms. The number of aryl methyl sites for hydroxylation is 1. The zero-order valence-electron chi connectivity index (χ0n) is 23.4. The fraction of sp³-hybridized carbons (Fsp3) is 0.265. The van der Waals surface area contributed by atoms with Crippen LogP contribution in [-0.2, 0) is 6.42 Å². The van der Waals surface area contributed by atoms with Crippen molar-refractivity contribution < 1.29 is 0 Å². The summed E-state index contributed by atoms with van der Waals surface area (Å²) in [5, 5.41) is 22.2. The summed E-state index contributed by atoms with van der Waals surface area (Å²) in [7, 11) is 0. The predicted molar refractivity (Wildman–Crippen MR) is 175 cm³/mol. The number of allylic oxidation sites excluding steroid dienone is 1. The molecule has 0 aliphatic carbocycles. The predicted octanol–water partition coefficient (Wildman–Crippen LogP) is 11.2. The van der Waals surface area contributed by atoms with E-state index in [0.717, 1.165) is 50.0 Å². The van der Waals surface area contributed by atoms with Crippen LogP contribution in [0.25, 0.3) is 31.8 Å². The van der Waals surface area contributed by atoms with Crippen molar-refractivity contribution in [1.82, 2.24) is 0 Å². The van der Waals surface area contributed by atoms with Crippen molar-refractivity contribution in [2.45, 2.75) is 46.5 Å². The van der Waals surface area contributed by atoms with E-state index in [1.807, 2.05) is 18.2 Å². The Labute approximate surface area is 244 Å². The molecule has 0 amide bonds. The van der Waals surface area contributed by atoms with E-state index in [4.69, 9.17) is 0 Å². The van der Waals surface area contributed by atoms with E-state index >= 15 is 0 Å². The highest BCUT2D eigenvalue weighted by Gasteiger charge is 2.09. The smallest absolute Gasteiger partial charge is 0.140 e. The molecule has 3 aromatic carbocycles. The Hall–Kier alpha value is -3.79. The average molecular weight is 563 g/mol. The van der Waals surface area contributed by atoms with Crippen molar-refractivity contribution in [2.75, 3.05) is 18.0 Å². The number of hydrogen-bond donors (Lipinski definition) is 0. The van der Waals surface area contributed by atoms with Crippen molar-refractivity contribution in [1.29, 1.82) is 5.26 Å². The van der Waals surface area contributed by atoms with E-state index in [1.165, 1.54) is 41.3 Å². The van der Waals surface area contributed by atoms with Gasteiger partial charge in [-0.15, -0.1) is 32.9 Å². The molecule has 5 aromatic rings. The SMILES string of the molecule is CCCCCc1ccc2cc(/C(C#N)=C/c3cc4sc(/N=N/c5ccc(N(CC)CC)cc5)cc4s3)ccc2c1. The molecule has 0 N–H and O–H groups in total. The average Bonchev–Trinajstić information content (AvgIpc) is 3.54. The Kier molecular flexibility index (Phi) is 9.05. The van der Waals surface area contributed by atoms with Gasteiger partial charge in [-0.25, -0.2) is 0 Å². The highest BCUT2D eigenvalue weighted by molar-refractivity contribution is 7.30. The van der Waals surface area contributed by atoms with Gasteiger partial charge in [-0.05, 0) is 97.1 Å². The van der Waals surface area contributed by atoms with Gasteiger partial charge >= 0.3 is 0 Å². The molecule has 0 atom stereocenters. The Morgan fingerprint density at radius 3 is 2.30 bits per heavy atom. The van der Waals surface area contributed by atoms with Crippen LogP contribution in [0.5, 0.6) is 0 Å². The van der Waals surface area contributed by atoms with E-state index in [2.05, 4.69) is 103 Å². The minimum Gasteiger partial charge on any atom is -0.372 e. The second-order valence-electron chi connectivity index (χ2n) is 9.87. The molecule has 0 aliphatic rings. The summed E-state index contributed by atoms with van der Waals surface area (Å²) in [5.41, 5.74) is 5.06. The van der Waals surface area contributed by atoms with Crippen molar-refractivity contribution in [2.24, 2.45) is 10.2 Å². The number of benzene rings is 3. The van der Waals surface area contributed by atoms with E-state index < -0.39 is 0 Å². The van der Waals surface area contributed by atoms with Gasteiger partial charge in [0.05, 0.1) is 17.3 Å². The molecule has 202 valence electrons. The van der Waals surface area contributed by atoms with Crippen LogP contribution in [0.15, 0.2) is 83.0 Å². The van der Waals surface area contributed by atoms with Crippen molar-refractivity contribution in [3.63, 3.8) is 0 Å². The van der Waals surface area contributed by atoms with Crippen molar-refractivity contribution in [3.8, 4) is 6.07 Å². The number of nitriles is 1. The Balaban J connectivity index is 1.30. The summed E-state index contributed by atoms with van der Waals surface area (Å²) in [6, 6.07) is 27.9. The number of unbranched alkanes of at least 4 members (excludes halogenated alkanes) is 2. The molecule has 0 fully saturated rings. The number of azo groups is 1. The zero-order chi connectivity index (χ0) is 27.9. The van der Waals surface area contributed by atoms with Gasteiger partial charge in [0.2, 0.25) is 0 Å². The molecule has 5 rings (SSSR count). The first kappa shape index (κ1) is 27.8. The minimum absolute atomic E-state index is 0.677. The van der Waals surface area contributed by atoms with Gasteiger partial charge in [-0.3, -0.25) is 0 Å². The van der Waals surface area contributed by atoms with Crippen LogP contribution in [-0.4, -0.2) is 13.1 Å². The fourth-order valence-corrected chi connectivity index (χ4v) is 7.07. The third-order valence-corrected chi connectivity index (χ3v) is 9.27. The maximum Gasteiger partial charge on any atom is 0.140 e. The molecule has 0 spiro atoms. The summed E-state index contributed by atoms with van der Waals surface area (Å²) in [6.45, 7) is 8.53. The maximum absolute atomic E-state index is 9.96. The van der Waals surface area contributed by atoms with Gasteiger partial charge in [-0.1, -0.05) is 50.1 Å². The molecule has 6 heteroatoms. The van der Waals surface area contributed by atoms with Crippen molar-refractivity contribution in [3.05, 3.63) is 88.8 Å². The number of fused-ring (bicyclic) bond motifs is 2. The molecule has 0 unspecified atom stereocenters. The highest BCUT2D eigenvalue weighted by Crippen LogP contribution is 2.39.